The van der Waals surface area contributed by atoms with Gasteiger partial charge in [-0.1, -0.05) is 0 Å². The van der Waals surface area contributed by atoms with Crippen LogP contribution in [0.1, 0.15) is 0 Å². The van der Waals surface area contributed by atoms with E-state index in [4.69, 9.17) is 0 Å². The predicted octanol–water partition coefficient (Wildman–Crippen LogP) is 0.0289. The number of rotatable bonds is 0. The van der Waals surface area contributed by atoms with Crippen molar-refractivity contribution in [2.75, 3.05) is 0 Å². The maximum absolute atomic E-state index is 3.67. The first-order valence-corrected chi connectivity index (χ1v) is 1.43. The number of nitrogens with zero attached hydrogens (tertiary/aromatic N) is 1. The average Bonchev–Trinajstić information content (AvgIpc) is 1.76. The van der Waals surface area contributed by atoms with Crippen LogP contribution >= 0.6 is 0 Å². The Labute approximate surface area is 38.2 Å². The summed E-state index contributed by atoms with van der Waals surface area (Å²) in [5.41, 5.74) is 0. The molecule has 0 saturated heterocycles. The van der Waals surface area contributed by atoms with E-state index in [-0.39, 0.29) is 8.41 Å². The zero-order chi connectivity index (χ0) is 3.54. The third kappa shape index (κ3) is 0.927. The van der Waals surface area contributed by atoms with E-state index in [1.807, 2.05) is 0 Å². The predicted molar refractivity (Wildman–Crippen MR) is 24.3 cm³/mol. The fraction of sp³-hybridized carbons (Fsp3) is 0. The van der Waals surface area contributed by atoms with Gasteiger partial charge < -0.3 is 4.98 Å². The normalized spacial score (nSPS) is 6.67. The van der Waals surface area contributed by atoms with Crippen molar-refractivity contribution in [2.45, 2.75) is 0 Å². The van der Waals surface area contributed by atoms with Crippen LogP contribution in [0.15, 0.2) is 18.7 Å². The molecule has 0 atom stereocenters. The van der Waals surface area contributed by atoms with Crippen LogP contribution in [0.25, 0.3) is 0 Å². The minimum Gasteiger partial charge on any atom is -0.351 e. The van der Waals surface area contributed by atoms with Gasteiger partial charge in [-0.05, 0) is 0 Å². The third-order valence-electron chi connectivity index (χ3n) is 0.406. The van der Waals surface area contributed by atoms with E-state index in [2.05, 4.69) is 9.97 Å². The molecule has 0 aliphatic heterocycles. The Balaban J connectivity index is 0.000000250. The van der Waals surface area contributed by atoms with Gasteiger partial charge in [-0.15, -0.1) is 0 Å². The molecule has 1 heterocycles. The van der Waals surface area contributed by atoms with Crippen molar-refractivity contribution in [1.82, 2.24) is 9.97 Å². The number of nitrogens with one attached hydrogen (secondary N) is 1. The minimum absolute atomic E-state index is 0. The highest BCUT2D eigenvalue weighted by Gasteiger charge is 1.56. The van der Waals surface area contributed by atoms with E-state index in [1.165, 1.54) is 0 Å². The van der Waals surface area contributed by atoms with Gasteiger partial charge >= 0.3 is 0 Å². The molecule has 6 heavy (non-hydrogen) atoms. The lowest BCUT2D eigenvalue weighted by Crippen LogP contribution is -1.44. The van der Waals surface area contributed by atoms with Gasteiger partial charge in [-0.2, -0.15) is 0 Å². The fourth-order valence-corrected chi connectivity index (χ4v) is 0.215. The van der Waals surface area contributed by atoms with Gasteiger partial charge in [0.15, 0.2) is 0 Å². The number of imidazole rings is 1. The summed E-state index contributed by atoms with van der Waals surface area (Å²) in [6.45, 7) is 0. The van der Waals surface area contributed by atoms with Crippen molar-refractivity contribution in [2.24, 2.45) is 0 Å². The molecule has 1 aromatic rings. The standard InChI is InChI=1S/C3H4N2.B/c1-2-5-3-4-1;/h1-3H,(H,4,5);. The molecule has 29 valence electrons. The van der Waals surface area contributed by atoms with Crippen LogP contribution in [0.4, 0.5) is 0 Å². The molecule has 0 fully saturated rings. The maximum atomic E-state index is 3.67. The Hall–Kier alpha value is -0.725. The van der Waals surface area contributed by atoms with E-state index in [9.17, 15) is 0 Å². The molecule has 3 heteroatoms. The molecule has 1 aromatic heterocycles. The molecule has 0 bridgehead atoms. The lowest BCUT2D eigenvalue weighted by Gasteiger charge is -1.46. The Morgan fingerprint density at radius 1 is 1.50 bits per heavy atom. The molecule has 0 aliphatic rings. The number of aromatic amines is 1. The zero-order valence-corrected chi connectivity index (χ0v) is 3.26. The summed E-state index contributed by atoms with van der Waals surface area (Å²) in [7, 11) is 0. The molecule has 1 rings (SSSR count). The first-order valence-electron chi connectivity index (χ1n) is 1.43. The van der Waals surface area contributed by atoms with Crippen molar-refractivity contribution in [3.8, 4) is 0 Å². The zero-order valence-electron chi connectivity index (χ0n) is 3.26. The van der Waals surface area contributed by atoms with Crippen LogP contribution in [0, 0.1) is 0 Å². The van der Waals surface area contributed by atoms with E-state index < -0.39 is 0 Å². The minimum atomic E-state index is 0. The summed E-state index contributed by atoms with van der Waals surface area (Å²) in [6, 6.07) is 0. The molecule has 3 radical (unpaired) electrons. The van der Waals surface area contributed by atoms with Crippen LogP contribution in [0.5, 0.6) is 0 Å². The molecule has 0 unspecified atom stereocenters. The van der Waals surface area contributed by atoms with Gasteiger partial charge in [0.05, 0.1) is 6.33 Å². The molecule has 0 saturated carbocycles. The third-order valence-corrected chi connectivity index (χ3v) is 0.406. The van der Waals surface area contributed by atoms with Crippen LogP contribution in [0.2, 0.25) is 0 Å². The Morgan fingerprint density at radius 3 is 2.50 bits per heavy atom. The maximum Gasteiger partial charge on any atom is 0.0919 e. The van der Waals surface area contributed by atoms with Gasteiger partial charge in [0.25, 0.3) is 0 Å². The highest BCUT2D eigenvalue weighted by Crippen LogP contribution is 1.62. The van der Waals surface area contributed by atoms with E-state index in [1.54, 1.807) is 18.7 Å². The highest BCUT2D eigenvalue weighted by atomic mass is 14.8. The topological polar surface area (TPSA) is 28.7 Å². The largest absolute Gasteiger partial charge is 0.351 e. The van der Waals surface area contributed by atoms with Gasteiger partial charge in [0.1, 0.15) is 0 Å². The number of aromatic nitrogens is 2. The van der Waals surface area contributed by atoms with Gasteiger partial charge in [0, 0.05) is 20.8 Å². The second kappa shape index (κ2) is 2.51. The molecule has 0 aromatic carbocycles. The molecule has 1 N–H and O–H groups in total. The molecule has 2 nitrogen and oxygen atoms in total. The van der Waals surface area contributed by atoms with E-state index >= 15 is 0 Å². The number of H-pyrrole nitrogens is 1. The van der Waals surface area contributed by atoms with Crippen LogP contribution in [0.3, 0.4) is 0 Å². The smallest absolute Gasteiger partial charge is 0.0919 e. The summed E-state index contributed by atoms with van der Waals surface area (Å²) in [5, 5.41) is 0. The first kappa shape index (κ1) is 5.27. The van der Waals surface area contributed by atoms with Crippen LogP contribution < -0.4 is 0 Å². The Kier molecular flexibility index (Phi) is 2.21. The lowest BCUT2D eigenvalue weighted by molar-refractivity contribution is 1.31. The monoisotopic (exact) mass is 79.0 g/mol. The van der Waals surface area contributed by atoms with Crippen molar-refractivity contribution in [3.63, 3.8) is 0 Å². The van der Waals surface area contributed by atoms with E-state index in [0.29, 0.717) is 0 Å². The SMILES string of the molecule is [B].c1c[nH]cn1. The second-order valence-corrected chi connectivity index (χ2v) is 0.761. The quantitative estimate of drug-likeness (QED) is 0.436. The summed E-state index contributed by atoms with van der Waals surface area (Å²) >= 11 is 0. The highest BCUT2D eigenvalue weighted by molar-refractivity contribution is 5.75. The summed E-state index contributed by atoms with van der Waals surface area (Å²) in [5.74, 6) is 0. The summed E-state index contributed by atoms with van der Waals surface area (Å²) in [4.78, 5) is 6.42. The van der Waals surface area contributed by atoms with E-state index in [0.717, 1.165) is 0 Å². The van der Waals surface area contributed by atoms with Gasteiger partial charge in [0.2, 0.25) is 0 Å². The Morgan fingerprint density at radius 2 is 2.33 bits per heavy atom. The van der Waals surface area contributed by atoms with Crippen molar-refractivity contribution < 1.29 is 0 Å². The molecular formula is C3H4BN2. The molecule has 0 amide bonds. The van der Waals surface area contributed by atoms with Gasteiger partial charge in [-0.3, -0.25) is 0 Å². The summed E-state index contributed by atoms with van der Waals surface area (Å²) in [6.07, 6.45) is 5.08. The van der Waals surface area contributed by atoms with Crippen molar-refractivity contribution in [1.29, 1.82) is 0 Å². The van der Waals surface area contributed by atoms with Gasteiger partial charge in [-0.25, -0.2) is 4.98 Å². The molecular weight excluding hydrogens is 74.9 g/mol. The summed E-state index contributed by atoms with van der Waals surface area (Å²) < 4.78 is 0. The molecule has 0 aliphatic carbocycles. The number of hydrogen-bond donors (Lipinski definition) is 1. The van der Waals surface area contributed by atoms with Crippen molar-refractivity contribution >= 4 is 8.41 Å². The Bertz CT molecular complexity index is 65.3. The number of hydrogen-bond acceptors (Lipinski definition) is 1. The second-order valence-electron chi connectivity index (χ2n) is 0.761. The lowest BCUT2D eigenvalue weighted by atomic mass is 10.8. The van der Waals surface area contributed by atoms with Crippen molar-refractivity contribution in [3.05, 3.63) is 18.7 Å². The van der Waals surface area contributed by atoms with Crippen LogP contribution in [-0.2, 0) is 0 Å². The molecule has 0 spiro atoms. The first-order chi connectivity index (χ1) is 2.50. The average molecular weight is 78.9 g/mol. The van der Waals surface area contributed by atoms with Crippen LogP contribution in [-0.4, -0.2) is 18.4 Å². The fourth-order valence-electron chi connectivity index (χ4n) is 0.215.